The molecular weight excluding hydrogens is 389 g/mol. The molecule has 2 aromatic rings. The van der Waals surface area contributed by atoms with E-state index in [9.17, 15) is 5.26 Å². The van der Waals surface area contributed by atoms with Crippen LogP contribution in [-0.4, -0.2) is 25.4 Å². The monoisotopic (exact) mass is 422 g/mol. The normalized spacial score (nSPS) is 11.8. The maximum atomic E-state index is 9.72. The summed E-state index contributed by atoms with van der Waals surface area (Å²) in [4.78, 5) is 0. The standard InChI is InChI=1S/C25H33BNO2S/c1-7-13-28-23-18(8-2)14-21(15-19(23)16-27)25(5,6)20-9-11-22(12-10-20)26-29-17-24(3,4)30/h9-12,14-15,30H,7-8,13,17H2,1-6H3. The molecule has 0 atom stereocenters. The third-order valence-electron chi connectivity index (χ3n) is 5.13. The summed E-state index contributed by atoms with van der Waals surface area (Å²) < 4.78 is 11.4. The number of ether oxygens (including phenoxy) is 1. The van der Waals surface area contributed by atoms with E-state index in [0.29, 0.717) is 18.8 Å². The Morgan fingerprint density at radius 3 is 2.23 bits per heavy atom. The van der Waals surface area contributed by atoms with Crippen molar-refractivity contribution in [3.63, 3.8) is 0 Å². The van der Waals surface area contributed by atoms with Gasteiger partial charge in [0.25, 0.3) is 0 Å². The highest BCUT2D eigenvalue weighted by atomic mass is 32.1. The van der Waals surface area contributed by atoms with Crippen LogP contribution in [0.1, 0.15) is 70.2 Å². The molecule has 0 fully saturated rings. The molecule has 0 saturated heterocycles. The van der Waals surface area contributed by atoms with Crippen LogP contribution in [0.2, 0.25) is 0 Å². The van der Waals surface area contributed by atoms with Gasteiger partial charge in [-0.15, -0.1) is 0 Å². The highest BCUT2D eigenvalue weighted by molar-refractivity contribution is 7.81. The number of aryl methyl sites for hydroxylation is 1. The van der Waals surface area contributed by atoms with Gasteiger partial charge >= 0.3 is 7.48 Å². The quantitative estimate of drug-likeness (QED) is 0.423. The van der Waals surface area contributed by atoms with Gasteiger partial charge in [-0.1, -0.05) is 63.5 Å². The molecule has 0 aliphatic heterocycles. The molecule has 0 N–H and O–H groups in total. The second-order valence-corrected chi connectivity index (χ2v) is 10.0. The lowest BCUT2D eigenvalue weighted by Gasteiger charge is -2.28. The van der Waals surface area contributed by atoms with E-state index in [1.807, 2.05) is 19.9 Å². The smallest absolute Gasteiger partial charge is 0.330 e. The van der Waals surface area contributed by atoms with Crippen molar-refractivity contribution in [1.82, 2.24) is 0 Å². The fraction of sp³-hybridized carbons (Fsp3) is 0.480. The lowest BCUT2D eigenvalue weighted by molar-refractivity contribution is 0.309. The molecule has 30 heavy (non-hydrogen) atoms. The van der Waals surface area contributed by atoms with Crippen LogP contribution >= 0.6 is 12.6 Å². The molecule has 3 nitrogen and oxygen atoms in total. The molecule has 0 saturated carbocycles. The molecule has 0 aromatic heterocycles. The minimum absolute atomic E-state index is 0.166. The van der Waals surface area contributed by atoms with E-state index in [0.717, 1.165) is 35.2 Å². The second kappa shape index (κ2) is 10.4. The van der Waals surface area contributed by atoms with Crippen molar-refractivity contribution >= 4 is 25.6 Å². The Morgan fingerprint density at radius 1 is 1.03 bits per heavy atom. The molecule has 2 rings (SSSR count). The lowest BCUT2D eigenvalue weighted by atomic mass is 9.75. The largest absolute Gasteiger partial charge is 0.492 e. The first-order valence-electron chi connectivity index (χ1n) is 10.6. The van der Waals surface area contributed by atoms with Crippen molar-refractivity contribution < 1.29 is 9.39 Å². The fourth-order valence-electron chi connectivity index (χ4n) is 3.26. The molecule has 159 valence electrons. The number of thiol groups is 1. The van der Waals surface area contributed by atoms with Gasteiger partial charge in [0.2, 0.25) is 0 Å². The average molecular weight is 422 g/mol. The van der Waals surface area contributed by atoms with E-state index in [4.69, 9.17) is 9.39 Å². The first kappa shape index (κ1) is 24.4. The van der Waals surface area contributed by atoms with Gasteiger partial charge < -0.3 is 9.39 Å². The Hall–Kier alpha value is -1.90. The number of benzene rings is 2. The summed E-state index contributed by atoms with van der Waals surface area (Å²) in [6.07, 6.45) is 1.74. The maximum absolute atomic E-state index is 9.72. The van der Waals surface area contributed by atoms with Crippen LogP contribution < -0.4 is 10.2 Å². The van der Waals surface area contributed by atoms with E-state index in [1.165, 1.54) is 5.56 Å². The van der Waals surface area contributed by atoms with E-state index in [1.54, 1.807) is 7.48 Å². The molecular formula is C25H33BNO2S. The number of nitriles is 1. The van der Waals surface area contributed by atoms with Crippen LogP contribution in [0.3, 0.4) is 0 Å². The Labute approximate surface area is 188 Å². The minimum atomic E-state index is -0.245. The van der Waals surface area contributed by atoms with Crippen molar-refractivity contribution in [2.45, 2.75) is 64.5 Å². The van der Waals surface area contributed by atoms with Gasteiger partial charge in [-0.3, -0.25) is 0 Å². The lowest BCUT2D eigenvalue weighted by Crippen LogP contribution is -2.26. The average Bonchev–Trinajstić information content (AvgIpc) is 2.71. The van der Waals surface area contributed by atoms with Crippen molar-refractivity contribution in [2.24, 2.45) is 0 Å². The zero-order valence-electron chi connectivity index (χ0n) is 19.1. The van der Waals surface area contributed by atoms with Crippen LogP contribution in [-0.2, 0) is 16.5 Å². The molecule has 0 spiro atoms. The first-order chi connectivity index (χ1) is 14.1. The van der Waals surface area contributed by atoms with Crippen LogP contribution in [0.15, 0.2) is 36.4 Å². The predicted octanol–water partition coefficient (Wildman–Crippen LogP) is 5.20. The summed E-state index contributed by atoms with van der Waals surface area (Å²) in [5, 5.41) is 9.72. The Morgan fingerprint density at radius 2 is 1.70 bits per heavy atom. The Balaban J connectivity index is 2.28. The van der Waals surface area contributed by atoms with Crippen molar-refractivity contribution in [3.05, 3.63) is 58.7 Å². The van der Waals surface area contributed by atoms with Gasteiger partial charge in [0.05, 0.1) is 12.2 Å². The summed E-state index contributed by atoms with van der Waals surface area (Å²) in [5.41, 5.74) is 4.76. The molecule has 0 aliphatic carbocycles. The van der Waals surface area contributed by atoms with Crippen LogP contribution in [0.5, 0.6) is 5.75 Å². The summed E-state index contributed by atoms with van der Waals surface area (Å²) in [6.45, 7) is 13.8. The molecule has 5 heteroatoms. The molecule has 2 aromatic carbocycles. The Bertz CT molecular complexity index is 880. The third kappa shape index (κ3) is 6.30. The molecule has 0 aliphatic rings. The van der Waals surface area contributed by atoms with Crippen LogP contribution in [0.25, 0.3) is 0 Å². The summed E-state index contributed by atoms with van der Waals surface area (Å²) >= 11 is 4.48. The van der Waals surface area contributed by atoms with Crippen molar-refractivity contribution in [3.8, 4) is 11.8 Å². The molecule has 0 heterocycles. The second-order valence-electron chi connectivity index (χ2n) is 8.81. The van der Waals surface area contributed by atoms with E-state index in [-0.39, 0.29) is 10.2 Å². The van der Waals surface area contributed by atoms with Crippen LogP contribution in [0, 0.1) is 11.3 Å². The SMILES string of the molecule is CCCOc1c(C#N)cc(C(C)(C)c2ccc([B]OCC(C)(C)S)cc2)cc1CC. The first-order valence-corrected chi connectivity index (χ1v) is 11.0. The number of rotatable bonds is 10. The summed E-state index contributed by atoms with van der Waals surface area (Å²) in [6, 6.07) is 14.9. The number of nitrogens with zero attached hydrogens (tertiary/aromatic N) is 1. The highest BCUT2D eigenvalue weighted by Crippen LogP contribution is 2.36. The topological polar surface area (TPSA) is 42.2 Å². The van der Waals surface area contributed by atoms with Gasteiger partial charge in [-0.05, 0) is 49.4 Å². The molecule has 0 bridgehead atoms. The van der Waals surface area contributed by atoms with Gasteiger partial charge in [-0.25, -0.2) is 0 Å². The third-order valence-corrected chi connectivity index (χ3v) is 5.26. The van der Waals surface area contributed by atoms with Gasteiger partial charge in [0.1, 0.15) is 11.8 Å². The fourth-order valence-corrected chi connectivity index (χ4v) is 3.33. The Kier molecular flexibility index (Phi) is 8.47. The highest BCUT2D eigenvalue weighted by Gasteiger charge is 2.26. The molecule has 0 unspecified atom stereocenters. The van der Waals surface area contributed by atoms with Gasteiger partial charge in [0.15, 0.2) is 0 Å². The van der Waals surface area contributed by atoms with E-state index >= 15 is 0 Å². The molecule has 1 radical (unpaired) electrons. The van der Waals surface area contributed by atoms with Crippen molar-refractivity contribution in [2.75, 3.05) is 13.2 Å². The van der Waals surface area contributed by atoms with E-state index in [2.05, 4.69) is 76.7 Å². The number of hydrogen-bond acceptors (Lipinski definition) is 4. The minimum Gasteiger partial charge on any atom is -0.492 e. The molecule has 0 amide bonds. The van der Waals surface area contributed by atoms with Crippen LogP contribution in [0.4, 0.5) is 0 Å². The van der Waals surface area contributed by atoms with Gasteiger partial charge in [-0.2, -0.15) is 17.9 Å². The van der Waals surface area contributed by atoms with E-state index < -0.39 is 0 Å². The van der Waals surface area contributed by atoms with Gasteiger partial charge in [0, 0.05) is 16.8 Å². The zero-order chi connectivity index (χ0) is 22.4. The maximum Gasteiger partial charge on any atom is 0.330 e. The summed E-state index contributed by atoms with van der Waals surface area (Å²) in [7, 11) is 1.78. The number of hydrogen-bond donors (Lipinski definition) is 1. The van der Waals surface area contributed by atoms with Crippen molar-refractivity contribution in [1.29, 1.82) is 5.26 Å². The zero-order valence-corrected chi connectivity index (χ0v) is 20.0. The summed E-state index contributed by atoms with van der Waals surface area (Å²) in [5.74, 6) is 0.732. The predicted molar refractivity (Wildman–Crippen MR) is 129 cm³/mol.